The van der Waals surface area contributed by atoms with Crippen molar-refractivity contribution in [2.24, 2.45) is 5.92 Å². The van der Waals surface area contributed by atoms with Gasteiger partial charge in [0.2, 0.25) is 0 Å². The average molecular weight is 222 g/mol. The molecule has 0 heterocycles. The fraction of sp³-hybridized carbons (Fsp3) is 0.875. The molecular formula is C8H18N2OS2. The van der Waals surface area contributed by atoms with Gasteiger partial charge in [-0.3, -0.25) is 4.21 Å². The van der Waals surface area contributed by atoms with Gasteiger partial charge >= 0.3 is 0 Å². The highest BCUT2D eigenvalue weighted by Gasteiger charge is 1.97. The molecule has 0 aromatic heterocycles. The minimum absolute atomic E-state index is 0.583. The van der Waals surface area contributed by atoms with E-state index in [1.165, 1.54) is 0 Å². The van der Waals surface area contributed by atoms with Crippen LogP contribution in [0, 0.1) is 5.92 Å². The van der Waals surface area contributed by atoms with Gasteiger partial charge in [-0.1, -0.05) is 13.8 Å². The Balaban J connectivity index is 3.35. The monoisotopic (exact) mass is 222 g/mol. The van der Waals surface area contributed by atoms with Crippen LogP contribution < -0.4 is 10.6 Å². The minimum Gasteiger partial charge on any atom is -0.362 e. The third-order valence-corrected chi connectivity index (χ3v) is 2.41. The van der Waals surface area contributed by atoms with Crippen LogP contribution in [0.3, 0.4) is 0 Å². The van der Waals surface area contributed by atoms with Crippen molar-refractivity contribution in [1.29, 1.82) is 0 Å². The molecule has 0 amide bonds. The fourth-order valence-corrected chi connectivity index (χ4v) is 1.24. The van der Waals surface area contributed by atoms with E-state index in [2.05, 4.69) is 24.5 Å². The van der Waals surface area contributed by atoms with Crippen molar-refractivity contribution in [1.82, 2.24) is 10.6 Å². The van der Waals surface area contributed by atoms with E-state index in [0.717, 1.165) is 6.54 Å². The van der Waals surface area contributed by atoms with Crippen molar-refractivity contribution in [3.8, 4) is 0 Å². The average Bonchev–Trinajstić information content (AvgIpc) is 2.00. The largest absolute Gasteiger partial charge is 0.362 e. The molecular weight excluding hydrogens is 204 g/mol. The number of thiocarbonyl (C=S) groups is 1. The van der Waals surface area contributed by atoms with Crippen LogP contribution in [0.25, 0.3) is 0 Å². The van der Waals surface area contributed by atoms with Gasteiger partial charge in [-0.15, -0.1) is 0 Å². The summed E-state index contributed by atoms with van der Waals surface area (Å²) in [4.78, 5) is 0. The third-order valence-electron chi connectivity index (χ3n) is 1.35. The van der Waals surface area contributed by atoms with Crippen LogP contribution >= 0.6 is 12.2 Å². The van der Waals surface area contributed by atoms with E-state index < -0.39 is 10.8 Å². The van der Waals surface area contributed by atoms with E-state index in [9.17, 15) is 4.21 Å². The van der Waals surface area contributed by atoms with Gasteiger partial charge in [-0.2, -0.15) is 0 Å². The Bertz CT molecular complexity index is 183. The predicted octanol–water partition coefficient (Wildman–Crippen LogP) is 0.485. The van der Waals surface area contributed by atoms with Gasteiger partial charge in [0.05, 0.1) is 0 Å². The summed E-state index contributed by atoms with van der Waals surface area (Å²) in [6.07, 6.45) is 1.69. The number of nitrogens with one attached hydrogen (secondary N) is 2. The minimum atomic E-state index is -0.745. The molecule has 0 aliphatic carbocycles. The number of hydrogen-bond donors (Lipinski definition) is 2. The summed E-state index contributed by atoms with van der Waals surface area (Å²) in [5, 5.41) is 6.73. The zero-order chi connectivity index (χ0) is 10.3. The lowest BCUT2D eigenvalue weighted by Crippen LogP contribution is -2.38. The highest BCUT2D eigenvalue weighted by molar-refractivity contribution is 7.84. The van der Waals surface area contributed by atoms with Crippen molar-refractivity contribution in [2.75, 3.05) is 25.1 Å². The summed E-state index contributed by atoms with van der Waals surface area (Å²) in [6, 6.07) is 0. The molecule has 0 aliphatic rings. The molecule has 0 aliphatic heterocycles. The highest BCUT2D eigenvalue weighted by atomic mass is 32.2. The van der Waals surface area contributed by atoms with E-state index in [1.54, 1.807) is 6.26 Å². The summed E-state index contributed by atoms with van der Waals surface area (Å²) >= 11 is 5.00. The molecule has 2 N–H and O–H groups in total. The summed E-state index contributed by atoms with van der Waals surface area (Å²) in [6.45, 7) is 5.79. The quantitative estimate of drug-likeness (QED) is 0.664. The van der Waals surface area contributed by atoms with Gasteiger partial charge < -0.3 is 10.6 Å². The zero-order valence-electron chi connectivity index (χ0n) is 8.42. The van der Waals surface area contributed by atoms with E-state index >= 15 is 0 Å². The molecule has 0 saturated carbocycles. The number of hydrogen-bond acceptors (Lipinski definition) is 2. The smallest absolute Gasteiger partial charge is 0.166 e. The molecule has 0 bridgehead atoms. The molecule has 0 aromatic rings. The Morgan fingerprint density at radius 2 is 2.08 bits per heavy atom. The molecule has 3 nitrogen and oxygen atoms in total. The summed E-state index contributed by atoms with van der Waals surface area (Å²) < 4.78 is 10.7. The van der Waals surface area contributed by atoms with E-state index in [0.29, 0.717) is 23.3 Å². The standard InChI is InChI=1S/C8H18N2OS2/c1-7(2)6-10-8(12)9-4-5-13(3)11/h7H,4-6H2,1-3H3,(H2,9,10,12). The first-order chi connectivity index (χ1) is 6.02. The lowest BCUT2D eigenvalue weighted by molar-refractivity contribution is 0.620. The van der Waals surface area contributed by atoms with Crippen LogP contribution in [0.5, 0.6) is 0 Å². The van der Waals surface area contributed by atoms with Crippen molar-refractivity contribution < 1.29 is 4.21 Å². The van der Waals surface area contributed by atoms with Gasteiger partial charge in [-0.25, -0.2) is 0 Å². The van der Waals surface area contributed by atoms with Crippen molar-refractivity contribution in [3.63, 3.8) is 0 Å². The van der Waals surface area contributed by atoms with Crippen LogP contribution in [0.15, 0.2) is 0 Å². The predicted molar refractivity (Wildman–Crippen MR) is 62.4 cm³/mol. The van der Waals surface area contributed by atoms with Crippen molar-refractivity contribution in [3.05, 3.63) is 0 Å². The van der Waals surface area contributed by atoms with Gasteiger partial charge in [-0.05, 0) is 18.1 Å². The molecule has 0 saturated heterocycles. The van der Waals surface area contributed by atoms with Gasteiger partial charge in [0.25, 0.3) is 0 Å². The van der Waals surface area contributed by atoms with Crippen molar-refractivity contribution >= 4 is 28.1 Å². The SMILES string of the molecule is CC(C)CNC(=S)NCCS(C)=O. The third kappa shape index (κ3) is 9.76. The Kier molecular flexibility index (Phi) is 7.17. The van der Waals surface area contributed by atoms with E-state index in [1.807, 2.05) is 0 Å². The summed E-state index contributed by atoms with van der Waals surface area (Å²) in [7, 11) is -0.745. The molecule has 0 fully saturated rings. The maximum Gasteiger partial charge on any atom is 0.166 e. The Morgan fingerprint density at radius 1 is 1.46 bits per heavy atom. The van der Waals surface area contributed by atoms with Crippen LogP contribution in [0.4, 0.5) is 0 Å². The second-order valence-electron chi connectivity index (χ2n) is 3.31. The Morgan fingerprint density at radius 3 is 2.54 bits per heavy atom. The molecule has 0 spiro atoms. The lowest BCUT2D eigenvalue weighted by Gasteiger charge is -2.11. The second kappa shape index (κ2) is 7.26. The summed E-state index contributed by atoms with van der Waals surface area (Å²) in [5.74, 6) is 1.23. The molecule has 78 valence electrons. The van der Waals surface area contributed by atoms with Gasteiger partial charge in [0.15, 0.2) is 5.11 Å². The second-order valence-corrected chi connectivity index (χ2v) is 5.27. The maximum absolute atomic E-state index is 10.7. The Labute approximate surface area is 88.1 Å². The molecule has 1 unspecified atom stereocenters. The zero-order valence-corrected chi connectivity index (χ0v) is 10.1. The maximum atomic E-state index is 10.7. The molecule has 0 aromatic carbocycles. The van der Waals surface area contributed by atoms with Crippen molar-refractivity contribution in [2.45, 2.75) is 13.8 Å². The first-order valence-corrected chi connectivity index (χ1v) is 6.47. The molecule has 13 heavy (non-hydrogen) atoms. The molecule has 0 radical (unpaired) electrons. The molecule has 0 rings (SSSR count). The fourth-order valence-electron chi connectivity index (χ4n) is 0.668. The van der Waals surface area contributed by atoms with Crippen LogP contribution in [0.1, 0.15) is 13.8 Å². The topological polar surface area (TPSA) is 41.1 Å². The molecule has 1 atom stereocenters. The normalized spacial score (nSPS) is 12.6. The molecule has 5 heteroatoms. The van der Waals surface area contributed by atoms with E-state index in [-0.39, 0.29) is 0 Å². The Hall–Kier alpha value is -0.160. The van der Waals surface area contributed by atoms with Crippen LogP contribution in [0.2, 0.25) is 0 Å². The van der Waals surface area contributed by atoms with Gasteiger partial charge in [0.1, 0.15) is 0 Å². The van der Waals surface area contributed by atoms with Crippen LogP contribution in [-0.2, 0) is 10.8 Å². The number of rotatable bonds is 5. The first-order valence-electron chi connectivity index (χ1n) is 4.34. The first kappa shape index (κ1) is 12.8. The van der Waals surface area contributed by atoms with Crippen LogP contribution in [-0.4, -0.2) is 34.4 Å². The van der Waals surface area contributed by atoms with Gasteiger partial charge in [0, 0.05) is 35.9 Å². The lowest BCUT2D eigenvalue weighted by atomic mass is 10.2. The highest BCUT2D eigenvalue weighted by Crippen LogP contribution is 1.86. The van der Waals surface area contributed by atoms with E-state index in [4.69, 9.17) is 12.2 Å². The summed E-state index contributed by atoms with van der Waals surface area (Å²) in [5.41, 5.74) is 0.